The average Bonchev–Trinajstić information content (AvgIpc) is 2.84. The minimum Gasteiger partial charge on any atom is -0.469 e. The molecule has 1 aromatic heterocycles. The van der Waals surface area contributed by atoms with E-state index in [4.69, 9.17) is 4.74 Å². The SMILES string of the molecule is COC(=O)CC1CN(C(=O)c2cn(C)cn2)CCO1. The van der Waals surface area contributed by atoms with Crippen LogP contribution in [0.4, 0.5) is 0 Å². The van der Waals surface area contributed by atoms with E-state index in [-0.39, 0.29) is 24.4 Å². The number of imidazole rings is 1. The van der Waals surface area contributed by atoms with Gasteiger partial charge in [-0.1, -0.05) is 0 Å². The van der Waals surface area contributed by atoms with Crippen molar-refractivity contribution in [3.63, 3.8) is 0 Å². The number of ether oxygens (including phenoxy) is 2. The molecule has 19 heavy (non-hydrogen) atoms. The summed E-state index contributed by atoms with van der Waals surface area (Å²) in [7, 11) is 3.14. The van der Waals surface area contributed by atoms with Crippen LogP contribution in [-0.2, 0) is 21.3 Å². The Bertz CT molecular complexity index is 471. The smallest absolute Gasteiger partial charge is 0.308 e. The van der Waals surface area contributed by atoms with Gasteiger partial charge in [0.15, 0.2) is 0 Å². The molecule has 7 nitrogen and oxygen atoms in total. The van der Waals surface area contributed by atoms with Crippen molar-refractivity contribution in [2.45, 2.75) is 12.5 Å². The van der Waals surface area contributed by atoms with Gasteiger partial charge in [0, 0.05) is 26.3 Å². The van der Waals surface area contributed by atoms with Gasteiger partial charge in [0.1, 0.15) is 5.69 Å². The first kappa shape index (κ1) is 13.5. The molecule has 0 aliphatic carbocycles. The average molecular weight is 267 g/mol. The number of aryl methyl sites for hydroxylation is 1. The molecule has 0 spiro atoms. The molecule has 0 N–H and O–H groups in total. The van der Waals surface area contributed by atoms with Crippen LogP contribution in [0.5, 0.6) is 0 Å². The Labute approximate surface area is 111 Å². The third kappa shape index (κ3) is 3.31. The zero-order chi connectivity index (χ0) is 13.8. The highest BCUT2D eigenvalue weighted by Crippen LogP contribution is 2.12. The molecule has 0 bridgehead atoms. The monoisotopic (exact) mass is 267 g/mol. The van der Waals surface area contributed by atoms with E-state index in [1.54, 1.807) is 22.0 Å². The van der Waals surface area contributed by atoms with Crippen LogP contribution < -0.4 is 0 Å². The molecule has 1 aromatic rings. The lowest BCUT2D eigenvalue weighted by Gasteiger charge is -2.32. The van der Waals surface area contributed by atoms with E-state index in [1.807, 2.05) is 7.05 Å². The van der Waals surface area contributed by atoms with Gasteiger partial charge in [0.2, 0.25) is 0 Å². The van der Waals surface area contributed by atoms with E-state index in [0.29, 0.717) is 25.4 Å². The molecule has 1 unspecified atom stereocenters. The van der Waals surface area contributed by atoms with Crippen LogP contribution in [0.1, 0.15) is 16.9 Å². The number of carbonyl (C=O) groups excluding carboxylic acids is 2. The van der Waals surface area contributed by atoms with Crippen molar-refractivity contribution >= 4 is 11.9 Å². The first-order valence-corrected chi connectivity index (χ1v) is 6.06. The number of methoxy groups -OCH3 is 1. The molecule has 1 atom stereocenters. The van der Waals surface area contributed by atoms with Gasteiger partial charge < -0.3 is 18.9 Å². The molecular formula is C12H17N3O4. The van der Waals surface area contributed by atoms with Crippen molar-refractivity contribution in [3.8, 4) is 0 Å². The molecule has 1 fully saturated rings. The number of hydrogen-bond donors (Lipinski definition) is 0. The Balaban J connectivity index is 1.97. The maximum Gasteiger partial charge on any atom is 0.308 e. The van der Waals surface area contributed by atoms with Crippen molar-refractivity contribution in [3.05, 3.63) is 18.2 Å². The van der Waals surface area contributed by atoms with Crippen LogP contribution in [0.2, 0.25) is 0 Å². The van der Waals surface area contributed by atoms with E-state index in [0.717, 1.165) is 0 Å². The maximum atomic E-state index is 12.2. The van der Waals surface area contributed by atoms with Crippen LogP contribution in [0.15, 0.2) is 12.5 Å². The highest BCUT2D eigenvalue weighted by Gasteiger charge is 2.27. The minimum absolute atomic E-state index is 0.140. The lowest BCUT2D eigenvalue weighted by molar-refractivity contribution is -0.145. The summed E-state index contributed by atoms with van der Waals surface area (Å²) in [5.74, 6) is -0.476. The fourth-order valence-electron chi connectivity index (χ4n) is 1.98. The predicted octanol–water partition coefficient (Wildman–Crippen LogP) is -0.176. The molecule has 104 valence electrons. The Morgan fingerprint density at radius 3 is 3.00 bits per heavy atom. The summed E-state index contributed by atoms with van der Waals surface area (Å²) in [6, 6.07) is 0. The van der Waals surface area contributed by atoms with Crippen LogP contribution >= 0.6 is 0 Å². The van der Waals surface area contributed by atoms with Gasteiger partial charge in [-0.3, -0.25) is 9.59 Å². The summed E-state index contributed by atoms with van der Waals surface area (Å²) >= 11 is 0. The molecule has 1 aliphatic heterocycles. The van der Waals surface area contributed by atoms with Crippen LogP contribution in [0.25, 0.3) is 0 Å². The first-order valence-electron chi connectivity index (χ1n) is 6.06. The van der Waals surface area contributed by atoms with E-state index in [1.165, 1.54) is 7.11 Å². The van der Waals surface area contributed by atoms with Gasteiger partial charge in [-0.2, -0.15) is 0 Å². The molecule has 2 rings (SSSR count). The lowest BCUT2D eigenvalue weighted by atomic mass is 10.2. The fraction of sp³-hybridized carbons (Fsp3) is 0.583. The summed E-state index contributed by atoms with van der Waals surface area (Å²) in [6.45, 7) is 1.30. The highest BCUT2D eigenvalue weighted by atomic mass is 16.5. The summed E-state index contributed by atoms with van der Waals surface area (Å²) < 4.78 is 11.8. The number of amides is 1. The fourth-order valence-corrected chi connectivity index (χ4v) is 1.98. The first-order chi connectivity index (χ1) is 9.10. The lowest BCUT2D eigenvalue weighted by Crippen LogP contribution is -2.46. The Hall–Kier alpha value is -1.89. The van der Waals surface area contributed by atoms with Crippen molar-refractivity contribution in [1.82, 2.24) is 14.5 Å². The minimum atomic E-state index is -0.336. The predicted molar refractivity (Wildman–Crippen MR) is 65.5 cm³/mol. The number of esters is 1. The molecule has 7 heteroatoms. The van der Waals surface area contributed by atoms with E-state index in [9.17, 15) is 9.59 Å². The topological polar surface area (TPSA) is 73.7 Å². The van der Waals surface area contributed by atoms with Gasteiger partial charge in [-0.25, -0.2) is 4.98 Å². The summed E-state index contributed by atoms with van der Waals surface area (Å²) in [5.41, 5.74) is 0.404. The number of aromatic nitrogens is 2. The van der Waals surface area contributed by atoms with Crippen molar-refractivity contribution in [2.75, 3.05) is 26.8 Å². The molecule has 2 heterocycles. The molecular weight excluding hydrogens is 250 g/mol. The number of rotatable bonds is 3. The molecule has 1 amide bonds. The molecule has 1 aliphatic rings. The molecule has 1 saturated heterocycles. The molecule has 0 aromatic carbocycles. The standard InChI is InChI=1S/C12H17N3O4/c1-14-7-10(13-8-14)12(17)15-3-4-19-9(6-15)5-11(16)18-2/h7-9H,3-6H2,1-2H3. The summed E-state index contributed by atoms with van der Waals surface area (Å²) in [4.78, 5) is 29.1. The second kappa shape index (κ2) is 5.83. The summed E-state index contributed by atoms with van der Waals surface area (Å²) in [6.07, 6.45) is 3.10. The van der Waals surface area contributed by atoms with Crippen LogP contribution in [-0.4, -0.2) is 59.2 Å². The van der Waals surface area contributed by atoms with Crippen molar-refractivity contribution < 1.29 is 19.1 Å². The van der Waals surface area contributed by atoms with Gasteiger partial charge in [0.05, 0.1) is 32.6 Å². The van der Waals surface area contributed by atoms with Gasteiger partial charge in [0.25, 0.3) is 5.91 Å². The molecule has 0 saturated carbocycles. The van der Waals surface area contributed by atoms with Crippen molar-refractivity contribution in [2.24, 2.45) is 7.05 Å². The quantitative estimate of drug-likeness (QED) is 0.711. The van der Waals surface area contributed by atoms with Gasteiger partial charge in [-0.05, 0) is 0 Å². The molecule has 0 radical (unpaired) electrons. The van der Waals surface area contributed by atoms with Crippen molar-refractivity contribution in [1.29, 1.82) is 0 Å². The number of nitrogens with zero attached hydrogens (tertiary/aromatic N) is 3. The highest BCUT2D eigenvalue weighted by molar-refractivity contribution is 5.92. The Morgan fingerprint density at radius 2 is 2.37 bits per heavy atom. The third-order valence-corrected chi connectivity index (χ3v) is 2.97. The summed E-state index contributed by atoms with van der Waals surface area (Å²) in [5, 5.41) is 0. The van der Waals surface area contributed by atoms with Crippen LogP contribution in [0, 0.1) is 0 Å². The van der Waals surface area contributed by atoms with E-state index >= 15 is 0 Å². The van der Waals surface area contributed by atoms with E-state index in [2.05, 4.69) is 9.72 Å². The second-order valence-electron chi connectivity index (χ2n) is 4.45. The zero-order valence-corrected chi connectivity index (χ0v) is 11.0. The number of morpholine rings is 1. The second-order valence-corrected chi connectivity index (χ2v) is 4.45. The van der Waals surface area contributed by atoms with Gasteiger partial charge >= 0.3 is 5.97 Å². The Morgan fingerprint density at radius 1 is 1.58 bits per heavy atom. The number of hydrogen-bond acceptors (Lipinski definition) is 5. The zero-order valence-electron chi connectivity index (χ0n) is 11.0. The third-order valence-electron chi connectivity index (χ3n) is 2.97. The normalized spacial score (nSPS) is 19.3. The van der Waals surface area contributed by atoms with E-state index < -0.39 is 0 Å². The number of carbonyl (C=O) groups is 2. The van der Waals surface area contributed by atoms with Gasteiger partial charge in [-0.15, -0.1) is 0 Å². The largest absolute Gasteiger partial charge is 0.469 e. The maximum absolute atomic E-state index is 12.2. The Kier molecular flexibility index (Phi) is 4.16. The van der Waals surface area contributed by atoms with Crippen LogP contribution in [0.3, 0.4) is 0 Å².